The third-order valence-corrected chi connectivity index (χ3v) is 3.52. The largest absolute Gasteiger partial charge is 0.334 e. The van der Waals surface area contributed by atoms with Crippen LogP contribution in [0.2, 0.25) is 10.0 Å². The van der Waals surface area contributed by atoms with Crippen LogP contribution in [0.15, 0.2) is 18.2 Å². The van der Waals surface area contributed by atoms with Crippen molar-refractivity contribution in [3.63, 3.8) is 0 Å². The molecule has 1 heterocycles. The Kier molecular flexibility index (Phi) is 3.78. The van der Waals surface area contributed by atoms with Gasteiger partial charge >= 0.3 is 17.8 Å². The Balaban J connectivity index is 2.23. The fourth-order valence-electron chi connectivity index (χ4n) is 1.79. The third-order valence-electron chi connectivity index (χ3n) is 2.78. The molecule has 0 aromatic heterocycles. The zero-order valence-corrected chi connectivity index (χ0v) is 11.5. The number of carbonyl (C=O) groups excluding carboxylic acids is 3. The molecular formula is C12H10Cl2N2O3. The van der Waals surface area contributed by atoms with Crippen molar-refractivity contribution in [2.45, 2.75) is 13.5 Å². The first kappa shape index (κ1) is 13.8. The van der Waals surface area contributed by atoms with Gasteiger partial charge in [0.25, 0.3) is 0 Å². The highest BCUT2D eigenvalue weighted by molar-refractivity contribution is 6.44. The molecule has 1 aliphatic rings. The minimum atomic E-state index is -0.821. The SMILES string of the molecule is CCN1C(=O)C(=O)N(Cc2ccc(Cl)c(Cl)c2)C1=O. The van der Waals surface area contributed by atoms with Gasteiger partial charge in [-0.25, -0.2) is 4.79 Å². The van der Waals surface area contributed by atoms with Gasteiger partial charge in [-0.2, -0.15) is 0 Å². The zero-order chi connectivity index (χ0) is 14.2. The fraction of sp³-hybridized carbons (Fsp3) is 0.250. The van der Waals surface area contributed by atoms with Gasteiger partial charge in [-0.05, 0) is 24.6 Å². The molecule has 2 rings (SSSR count). The number of halogens is 2. The Morgan fingerprint density at radius 1 is 1.00 bits per heavy atom. The molecule has 7 heteroatoms. The van der Waals surface area contributed by atoms with E-state index in [0.29, 0.717) is 15.6 Å². The highest BCUT2D eigenvalue weighted by Gasteiger charge is 2.43. The number of nitrogens with zero attached hydrogens (tertiary/aromatic N) is 2. The molecule has 0 spiro atoms. The van der Waals surface area contributed by atoms with Crippen molar-refractivity contribution in [1.29, 1.82) is 0 Å². The van der Waals surface area contributed by atoms with E-state index in [-0.39, 0.29) is 13.1 Å². The zero-order valence-electron chi connectivity index (χ0n) is 10.0. The van der Waals surface area contributed by atoms with Gasteiger partial charge in [-0.3, -0.25) is 19.4 Å². The standard InChI is InChI=1S/C12H10Cl2N2O3/c1-2-15-10(17)11(18)16(12(15)19)6-7-3-4-8(13)9(14)5-7/h3-5H,2,6H2,1H3. The normalized spacial score (nSPS) is 15.6. The maximum absolute atomic E-state index is 11.9. The first-order valence-electron chi connectivity index (χ1n) is 5.57. The minimum absolute atomic E-state index is 0.00318. The Labute approximate surface area is 119 Å². The van der Waals surface area contributed by atoms with E-state index in [0.717, 1.165) is 9.80 Å². The van der Waals surface area contributed by atoms with E-state index < -0.39 is 17.8 Å². The molecule has 4 amide bonds. The molecule has 100 valence electrons. The number of carbonyl (C=O) groups is 3. The Morgan fingerprint density at radius 3 is 2.16 bits per heavy atom. The lowest BCUT2D eigenvalue weighted by Gasteiger charge is -2.14. The molecule has 0 saturated carbocycles. The molecule has 1 aliphatic heterocycles. The van der Waals surface area contributed by atoms with Crippen molar-refractivity contribution in [3.8, 4) is 0 Å². The van der Waals surface area contributed by atoms with E-state index in [2.05, 4.69) is 0 Å². The summed E-state index contributed by atoms with van der Waals surface area (Å²) in [4.78, 5) is 36.9. The summed E-state index contributed by atoms with van der Waals surface area (Å²) in [5.74, 6) is -1.62. The van der Waals surface area contributed by atoms with E-state index in [1.165, 1.54) is 0 Å². The molecule has 0 N–H and O–H groups in total. The van der Waals surface area contributed by atoms with E-state index in [9.17, 15) is 14.4 Å². The Morgan fingerprint density at radius 2 is 1.63 bits per heavy atom. The van der Waals surface area contributed by atoms with E-state index in [1.807, 2.05) is 0 Å². The maximum atomic E-state index is 11.9. The first-order chi connectivity index (χ1) is 8.95. The molecule has 0 bridgehead atoms. The van der Waals surface area contributed by atoms with Gasteiger partial charge in [0.15, 0.2) is 0 Å². The molecule has 19 heavy (non-hydrogen) atoms. The van der Waals surface area contributed by atoms with E-state index in [1.54, 1.807) is 25.1 Å². The van der Waals surface area contributed by atoms with Gasteiger partial charge in [-0.1, -0.05) is 29.3 Å². The van der Waals surface area contributed by atoms with Crippen molar-refractivity contribution in [1.82, 2.24) is 9.80 Å². The van der Waals surface area contributed by atoms with Crippen molar-refractivity contribution >= 4 is 41.0 Å². The molecule has 1 aromatic rings. The number of rotatable bonds is 3. The van der Waals surface area contributed by atoms with E-state index >= 15 is 0 Å². The molecule has 0 unspecified atom stereocenters. The summed E-state index contributed by atoms with van der Waals surface area (Å²) >= 11 is 11.6. The summed E-state index contributed by atoms with van der Waals surface area (Å²) in [7, 11) is 0. The van der Waals surface area contributed by atoms with Crippen LogP contribution in [-0.4, -0.2) is 34.2 Å². The van der Waals surface area contributed by atoms with Gasteiger partial charge in [0.2, 0.25) is 0 Å². The van der Waals surface area contributed by atoms with Gasteiger partial charge in [0, 0.05) is 6.54 Å². The second kappa shape index (κ2) is 5.19. The average molecular weight is 301 g/mol. The van der Waals surface area contributed by atoms with Crippen molar-refractivity contribution in [3.05, 3.63) is 33.8 Å². The minimum Gasteiger partial charge on any atom is -0.263 e. The Hall–Kier alpha value is -1.59. The maximum Gasteiger partial charge on any atom is 0.334 e. The number of amides is 4. The molecule has 5 nitrogen and oxygen atoms in total. The number of urea groups is 1. The van der Waals surface area contributed by atoms with Crippen LogP contribution < -0.4 is 0 Å². The monoisotopic (exact) mass is 300 g/mol. The van der Waals surface area contributed by atoms with Gasteiger partial charge < -0.3 is 0 Å². The fourth-order valence-corrected chi connectivity index (χ4v) is 2.11. The number of benzene rings is 1. The number of hydrogen-bond donors (Lipinski definition) is 0. The van der Waals surface area contributed by atoms with Crippen molar-refractivity contribution in [2.75, 3.05) is 6.54 Å². The van der Waals surface area contributed by atoms with Crippen LogP contribution in [0.3, 0.4) is 0 Å². The Bertz CT molecular complexity index is 574. The lowest BCUT2D eigenvalue weighted by Crippen LogP contribution is -2.32. The van der Waals surface area contributed by atoms with Crippen LogP contribution in [0.4, 0.5) is 4.79 Å². The summed E-state index contributed by atoms with van der Waals surface area (Å²) in [6, 6.07) is 4.17. The van der Waals surface area contributed by atoms with Crippen LogP contribution in [0.5, 0.6) is 0 Å². The predicted molar refractivity (Wildman–Crippen MR) is 69.8 cm³/mol. The van der Waals surface area contributed by atoms with Gasteiger partial charge in [-0.15, -0.1) is 0 Å². The number of hydrogen-bond acceptors (Lipinski definition) is 3. The van der Waals surface area contributed by atoms with Crippen molar-refractivity contribution in [2.24, 2.45) is 0 Å². The van der Waals surface area contributed by atoms with Gasteiger partial charge in [0.1, 0.15) is 0 Å². The second-order valence-corrected chi connectivity index (χ2v) is 4.79. The number of imide groups is 2. The van der Waals surface area contributed by atoms with E-state index in [4.69, 9.17) is 23.2 Å². The highest BCUT2D eigenvalue weighted by Crippen LogP contribution is 2.24. The summed E-state index contributed by atoms with van der Waals surface area (Å²) in [5.41, 5.74) is 0.627. The average Bonchev–Trinajstić information content (AvgIpc) is 2.58. The molecule has 0 radical (unpaired) electrons. The molecule has 1 aromatic carbocycles. The molecule has 0 atom stereocenters. The molecular weight excluding hydrogens is 291 g/mol. The first-order valence-corrected chi connectivity index (χ1v) is 6.32. The van der Waals surface area contributed by atoms with Crippen LogP contribution in [0.1, 0.15) is 12.5 Å². The lowest BCUT2D eigenvalue weighted by molar-refractivity contribution is -0.143. The third kappa shape index (κ3) is 2.43. The smallest absolute Gasteiger partial charge is 0.263 e. The topological polar surface area (TPSA) is 57.7 Å². The van der Waals surface area contributed by atoms with Crippen molar-refractivity contribution < 1.29 is 14.4 Å². The summed E-state index contributed by atoms with van der Waals surface area (Å²) < 4.78 is 0. The van der Waals surface area contributed by atoms with Crippen LogP contribution in [-0.2, 0) is 16.1 Å². The summed E-state index contributed by atoms with van der Waals surface area (Å²) in [5, 5.41) is 0.715. The highest BCUT2D eigenvalue weighted by atomic mass is 35.5. The predicted octanol–water partition coefficient (Wildman–Crippen LogP) is 2.30. The van der Waals surface area contributed by atoms with Crippen LogP contribution in [0, 0.1) is 0 Å². The summed E-state index contributed by atoms with van der Waals surface area (Å²) in [6.45, 7) is 1.80. The lowest BCUT2D eigenvalue weighted by atomic mass is 10.2. The molecule has 0 aliphatic carbocycles. The van der Waals surface area contributed by atoms with Crippen LogP contribution >= 0.6 is 23.2 Å². The van der Waals surface area contributed by atoms with Gasteiger partial charge in [0.05, 0.1) is 16.6 Å². The molecule has 1 saturated heterocycles. The second-order valence-electron chi connectivity index (χ2n) is 3.97. The number of likely N-dealkylation sites (N-methyl/N-ethyl adjacent to an activating group) is 1. The van der Waals surface area contributed by atoms with Crippen LogP contribution in [0.25, 0.3) is 0 Å². The summed E-state index contributed by atoms with van der Waals surface area (Å²) in [6.07, 6.45) is 0. The molecule has 1 fully saturated rings. The quantitative estimate of drug-likeness (QED) is 0.636.